The Hall–Kier alpha value is 0.580. The smallest absolute Gasteiger partial charge is 0.772 e. The van der Waals surface area contributed by atoms with Crippen molar-refractivity contribution in [3.63, 3.8) is 0 Å². The Bertz CT molecular complexity index is 180. The van der Waals surface area contributed by atoms with Crippen LogP contribution in [0.25, 0.3) is 0 Å². The number of hydrogen-bond acceptors (Lipinski definition) is 4. The van der Waals surface area contributed by atoms with Crippen molar-refractivity contribution in [2.75, 3.05) is 12.9 Å². The van der Waals surface area contributed by atoms with E-state index < -0.39 is 22.5 Å². The van der Waals surface area contributed by atoms with E-state index >= 15 is 0 Å². The van der Waals surface area contributed by atoms with Gasteiger partial charge in [0.05, 0.1) is 12.5 Å². The SMILES string of the molecule is COC(=O)C(C)(C)CS(=O)[O-].[Na+]. The predicted octanol–water partition coefficient (Wildman–Crippen LogP) is -2.93. The summed E-state index contributed by atoms with van der Waals surface area (Å²) >= 11 is -2.21. The second kappa shape index (κ2) is 6.10. The number of esters is 1. The minimum Gasteiger partial charge on any atom is -0.772 e. The van der Waals surface area contributed by atoms with Crippen molar-refractivity contribution >= 4 is 17.0 Å². The normalized spacial score (nSPS) is 13.0. The fourth-order valence-corrected chi connectivity index (χ4v) is 1.34. The van der Waals surface area contributed by atoms with E-state index in [9.17, 15) is 13.6 Å². The maximum atomic E-state index is 10.9. The average molecular weight is 202 g/mol. The van der Waals surface area contributed by atoms with Gasteiger partial charge >= 0.3 is 35.5 Å². The van der Waals surface area contributed by atoms with Gasteiger partial charge in [0.15, 0.2) is 0 Å². The molecule has 6 heteroatoms. The van der Waals surface area contributed by atoms with Gasteiger partial charge in [0.25, 0.3) is 0 Å². The minimum atomic E-state index is -2.21. The molecule has 0 N–H and O–H groups in total. The Morgan fingerprint density at radius 2 is 2.00 bits per heavy atom. The minimum absolute atomic E-state index is 0. The molecular formula is C6H11NaO4S. The Morgan fingerprint density at radius 1 is 1.58 bits per heavy atom. The first kappa shape index (κ1) is 15.1. The van der Waals surface area contributed by atoms with E-state index in [1.54, 1.807) is 0 Å². The summed E-state index contributed by atoms with van der Waals surface area (Å²) in [4.78, 5) is 10.9. The molecule has 0 radical (unpaired) electrons. The summed E-state index contributed by atoms with van der Waals surface area (Å²) in [6.45, 7) is 3.04. The number of carbonyl (C=O) groups is 1. The molecule has 0 saturated heterocycles. The van der Waals surface area contributed by atoms with Crippen molar-refractivity contribution in [3.05, 3.63) is 0 Å². The van der Waals surface area contributed by atoms with Crippen LogP contribution in [0.1, 0.15) is 13.8 Å². The van der Waals surface area contributed by atoms with Crippen LogP contribution >= 0.6 is 0 Å². The third-order valence-corrected chi connectivity index (χ3v) is 2.17. The van der Waals surface area contributed by atoms with Gasteiger partial charge in [0.1, 0.15) is 0 Å². The van der Waals surface area contributed by atoms with Crippen LogP contribution in [0.15, 0.2) is 0 Å². The second-order valence-electron chi connectivity index (χ2n) is 2.82. The molecule has 0 aliphatic rings. The zero-order valence-corrected chi connectivity index (χ0v) is 10.6. The van der Waals surface area contributed by atoms with E-state index in [2.05, 4.69) is 4.74 Å². The Morgan fingerprint density at radius 3 is 2.25 bits per heavy atom. The van der Waals surface area contributed by atoms with E-state index in [0.29, 0.717) is 0 Å². The fourth-order valence-electron chi connectivity index (χ4n) is 0.630. The van der Waals surface area contributed by atoms with Gasteiger partial charge in [-0.15, -0.1) is 0 Å². The van der Waals surface area contributed by atoms with Crippen LogP contribution in [-0.2, 0) is 20.6 Å². The summed E-state index contributed by atoms with van der Waals surface area (Å²) in [7, 11) is 1.23. The van der Waals surface area contributed by atoms with Crippen molar-refractivity contribution in [1.29, 1.82) is 0 Å². The molecule has 0 rings (SSSR count). The van der Waals surface area contributed by atoms with E-state index in [-0.39, 0.29) is 35.3 Å². The molecule has 0 aromatic carbocycles. The summed E-state index contributed by atoms with van der Waals surface area (Å²) in [5.74, 6) is -0.721. The molecule has 0 amide bonds. The number of hydrogen-bond donors (Lipinski definition) is 0. The molecule has 0 spiro atoms. The first-order valence-corrected chi connectivity index (χ1v) is 4.29. The van der Waals surface area contributed by atoms with Crippen LogP contribution in [0, 0.1) is 5.41 Å². The molecule has 0 bridgehead atoms. The van der Waals surface area contributed by atoms with Gasteiger partial charge in [-0.05, 0) is 13.8 Å². The standard InChI is InChI=1S/C6H12O4S.Na/c1-6(2,4-11(8)9)5(7)10-3;/h4H2,1-3H3,(H,8,9);/q;+1/p-1. The van der Waals surface area contributed by atoms with Crippen molar-refractivity contribution in [1.82, 2.24) is 0 Å². The first-order chi connectivity index (χ1) is 4.90. The van der Waals surface area contributed by atoms with Gasteiger partial charge in [0, 0.05) is 5.75 Å². The van der Waals surface area contributed by atoms with Gasteiger partial charge < -0.3 is 9.29 Å². The molecule has 0 saturated carbocycles. The van der Waals surface area contributed by atoms with Gasteiger partial charge in [-0.25, -0.2) is 0 Å². The van der Waals surface area contributed by atoms with E-state index in [1.165, 1.54) is 21.0 Å². The van der Waals surface area contributed by atoms with Gasteiger partial charge in [0.2, 0.25) is 0 Å². The molecule has 0 aromatic heterocycles. The van der Waals surface area contributed by atoms with Crippen LogP contribution in [-0.4, -0.2) is 27.6 Å². The third kappa shape index (κ3) is 5.27. The van der Waals surface area contributed by atoms with Crippen LogP contribution in [0.3, 0.4) is 0 Å². The third-order valence-electron chi connectivity index (χ3n) is 1.22. The van der Waals surface area contributed by atoms with Crippen LogP contribution in [0.2, 0.25) is 0 Å². The van der Waals surface area contributed by atoms with Crippen molar-refractivity contribution in [2.45, 2.75) is 13.8 Å². The molecule has 1 unspecified atom stereocenters. The largest absolute Gasteiger partial charge is 1.00 e. The van der Waals surface area contributed by atoms with E-state index in [1.807, 2.05) is 0 Å². The fraction of sp³-hybridized carbons (Fsp3) is 0.833. The Balaban J connectivity index is 0. The molecule has 1 atom stereocenters. The first-order valence-electron chi connectivity index (χ1n) is 3.04. The van der Waals surface area contributed by atoms with Crippen molar-refractivity contribution < 1.29 is 47.9 Å². The number of carbonyl (C=O) groups excluding carboxylic acids is 1. The molecule has 0 heterocycles. The monoisotopic (exact) mass is 202 g/mol. The summed E-state index contributed by atoms with van der Waals surface area (Å²) < 4.78 is 24.9. The summed E-state index contributed by atoms with van der Waals surface area (Å²) in [5, 5.41) is 0. The second-order valence-corrected chi connectivity index (χ2v) is 3.72. The molecule has 66 valence electrons. The number of methoxy groups -OCH3 is 1. The molecule has 0 aliphatic carbocycles. The number of ether oxygens (including phenoxy) is 1. The zero-order chi connectivity index (χ0) is 9.07. The quantitative estimate of drug-likeness (QED) is 0.279. The number of rotatable bonds is 3. The van der Waals surface area contributed by atoms with Crippen LogP contribution < -0.4 is 29.6 Å². The topological polar surface area (TPSA) is 66.4 Å². The maximum absolute atomic E-state index is 10.9. The summed E-state index contributed by atoms with van der Waals surface area (Å²) in [5.41, 5.74) is -0.943. The van der Waals surface area contributed by atoms with E-state index in [0.717, 1.165) is 0 Å². The van der Waals surface area contributed by atoms with Crippen LogP contribution in [0.5, 0.6) is 0 Å². The molecule has 0 aliphatic heterocycles. The van der Waals surface area contributed by atoms with Crippen molar-refractivity contribution in [2.24, 2.45) is 5.41 Å². The maximum Gasteiger partial charge on any atom is 1.00 e. The molecule has 12 heavy (non-hydrogen) atoms. The van der Waals surface area contributed by atoms with Crippen LogP contribution in [0.4, 0.5) is 0 Å². The molecule has 0 fully saturated rings. The summed E-state index contributed by atoms with van der Waals surface area (Å²) in [6.07, 6.45) is 0. The molecule has 4 nitrogen and oxygen atoms in total. The van der Waals surface area contributed by atoms with Gasteiger partial charge in [-0.3, -0.25) is 9.00 Å². The molecule has 0 aromatic rings. The summed E-state index contributed by atoms with van der Waals surface area (Å²) in [6, 6.07) is 0. The van der Waals surface area contributed by atoms with E-state index in [4.69, 9.17) is 0 Å². The van der Waals surface area contributed by atoms with Gasteiger partial charge in [-0.2, -0.15) is 0 Å². The average Bonchev–Trinajstić information content (AvgIpc) is 1.83. The predicted molar refractivity (Wildman–Crippen MR) is 39.6 cm³/mol. The molecular weight excluding hydrogens is 191 g/mol. The zero-order valence-electron chi connectivity index (χ0n) is 7.75. The Kier molecular flexibility index (Phi) is 7.66. The van der Waals surface area contributed by atoms with Crippen molar-refractivity contribution in [3.8, 4) is 0 Å². The van der Waals surface area contributed by atoms with Gasteiger partial charge in [-0.1, -0.05) is 11.1 Å². The Labute approximate surface area is 96.6 Å².